The molecule has 0 radical (unpaired) electrons. The van der Waals surface area contributed by atoms with Crippen molar-refractivity contribution >= 4 is 22.8 Å². The van der Waals surface area contributed by atoms with Gasteiger partial charge >= 0.3 is 6.03 Å². The van der Waals surface area contributed by atoms with Gasteiger partial charge < -0.3 is 10.2 Å². The van der Waals surface area contributed by atoms with Crippen molar-refractivity contribution < 1.29 is 4.79 Å². The third-order valence-electron chi connectivity index (χ3n) is 6.12. The van der Waals surface area contributed by atoms with Crippen molar-refractivity contribution in [2.24, 2.45) is 0 Å². The molecule has 1 aliphatic rings. The van der Waals surface area contributed by atoms with Crippen molar-refractivity contribution in [2.75, 3.05) is 31.5 Å². The van der Waals surface area contributed by atoms with Crippen LogP contribution < -0.4 is 10.6 Å². The number of carbonyl (C=O) groups is 1. The van der Waals surface area contributed by atoms with Crippen LogP contribution >= 0.6 is 0 Å². The van der Waals surface area contributed by atoms with Gasteiger partial charge in [0, 0.05) is 54.7 Å². The zero-order valence-corrected chi connectivity index (χ0v) is 18.6. The quantitative estimate of drug-likeness (QED) is 0.421. The van der Waals surface area contributed by atoms with E-state index in [-0.39, 0.29) is 6.03 Å². The molecule has 0 aliphatic carbocycles. The second-order valence-corrected chi connectivity index (χ2v) is 8.45. The molecule has 1 aromatic carbocycles. The summed E-state index contributed by atoms with van der Waals surface area (Å²) in [4.78, 5) is 23.4. The first-order chi connectivity index (χ1) is 16.2. The predicted molar refractivity (Wildman–Crippen MR) is 129 cm³/mol. The van der Waals surface area contributed by atoms with E-state index in [0.717, 1.165) is 53.9 Å². The highest BCUT2D eigenvalue weighted by Crippen LogP contribution is 2.27. The average Bonchev–Trinajstić information content (AvgIpc) is 3.47. The zero-order chi connectivity index (χ0) is 22.6. The van der Waals surface area contributed by atoms with E-state index in [1.807, 2.05) is 19.1 Å². The zero-order valence-electron chi connectivity index (χ0n) is 18.6. The van der Waals surface area contributed by atoms with Crippen molar-refractivity contribution in [3.05, 3.63) is 72.2 Å². The van der Waals surface area contributed by atoms with Gasteiger partial charge in [0.05, 0.1) is 5.52 Å². The number of hydrogen-bond donors (Lipinski definition) is 3. The molecule has 1 unspecified atom stereocenters. The molecule has 0 saturated carbocycles. The Bertz CT molecular complexity index is 1250. The molecule has 3 N–H and O–H groups in total. The first-order valence-corrected chi connectivity index (χ1v) is 11.2. The molecule has 1 atom stereocenters. The molecule has 8 nitrogen and oxygen atoms in total. The number of anilines is 1. The Morgan fingerprint density at radius 1 is 1.18 bits per heavy atom. The van der Waals surface area contributed by atoms with Gasteiger partial charge in [0.2, 0.25) is 0 Å². The Morgan fingerprint density at radius 2 is 2.06 bits per heavy atom. The average molecular weight is 442 g/mol. The highest BCUT2D eigenvalue weighted by atomic mass is 16.2. The van der Waals surface area contributed by atoms with Crippen molar-refractivity contribution in [1.29, 1.82) is 0 Å². The summed E-state index contributed by atoms with van der Waals surface area (Å²) in [7, 11) is 0. The number of benzene rings is 1. The Labute approximate surface area is 192 Å². The Balaban J connectivity index is 1.13. The van der Waals surface area contributed by atoms with Crippen molar-refractivity contribution in [1.82, 2.24) is 30.4 Å². The summed E-state index contributed by atoms with van der Waals surface area (Å²) >= 11 is 0. The molecule has 3 aromatic heterocycles. The van der Waals surface area contributed by atoms with Gasteiger partial charge in [-0.1, -0.05) is 30.3 Å². The van der Waals surface area contributed by atoms with Crippen LogP contribution in [0.3, 0.4) is 0 Å². The first kappa shape index (κ1) is 21.1. The third kappa shape index (κ3) is 4.85. The van der Waals surface area contributed by atoms with E-state index in [1.165, 1.54) is 5.56 Å². The number of pyridine rings is 2. The maximum Gasteiger partial charge on any atom is 0.320 e. The molecule has 1 fully saturated rings. The summed E-state index contributed by atoms with van der Waals surface area (Å²) in [6, 6.07) is 16.1. The molecule has 4 heterocycles. The van der Waals surface area contributed by atoms with Crippen molar-refractivity contribution in [3.8, 4) is 11.3 Å². The van der Waals surface area contributed by atoms with E-state index in [1.54, 1.807) is 18.5 Å². The second-order valence-electron chi connectivity index (χ2n) is 8.45. The number of aromatic amines is 1. The molecule has 4 aromatic rings. The fourth-order valence-corrected chi connectivity index (χ4v) is 4.42. The van der Waals surface area contributed by atoms with E-state index in [2.05, 4.69) is 66.0 Å². The number of urea groups is 1. The number of hydrogen-bond acceptors (Lipinski definition) is 5. The van der Waals surface area contributed by atoms with Gasteiger partial charge in [0.1, 0.15) is 11.5 Å². The van der Waals surface area contributed by atoms with E-state index in [4.69, 9.17) is 0 Å². The van der Waals surface area contributed by atoms with E-state index < -0.39 is 0 Å². The summed E-state index contributed by atoms with van der Waals surface area (Å²) in [6.45, 7) is 5.46. The molecule has 8 heteroatoms. The minimum atomic E-state index is -0.259. The summed E-state index contributed by atoms with van der Waals surface area (Å²) in [5, 5.41) is 14.1. The molecule has 1 aliphatic heterocycles. The number of likely N-dealkylation sites (tertiary alicyclic amines) is 1. The van der Waals surface area contributed by atoms with Gasteiger partial charge in [-0.3, -0.25) is 15.4 Å². The number of fused-ring (bicyclic) bond motifs is 1. The number of rotatable bonds is 6. The molecule has 0 spiro atoms. The largest absolute Gasteiger partial charge is 0.337 e. The van der Waals surface area contributed by atoms with E-state index in [9.17, 15) is 4.79 Å². The highest BCUT2D eigenvalue weighted by Gasteiger charge is 2.23. The van der Waals surface area contributed by atoms with Crippen LogP contribution in [0, 0.1) is 6.92 Å². The monoisotopic (exact) mass is 441 g/mol. The second kappa shape index (κ2) is 9.38. The van der Waals surface area contributed by atoms with Gasteiger partial charge in [-0.2, -0.15) is 5.10 Å². The van der Waals surface area contributed by atoms with Gasteiger partial charge in [-0.25, -0.2) is 9.78 Å². The Morgan fingerprint density at radius 3 is 2.91 bits per heavy atom. The summed E-state index contributed by atoms with van der Waals surface area (Å²) in [6.07, 6.45) is 4.65. The fraction of sp³-hybridized carbons (Fsp3) is 0.280. The van der Waals surface area contributed by atoms with Crippen LogP contribution in [0.15, 0.2) is 60.9 Å². The normalized spacial score (nSPS) is 16.2. The van der Waals surface area contributed by atoms with Crippen LogP contribution in [-0.4, -0.2) is 57.3 Å². The molecule has 5 rings (SSSR count). The van der Waals surface area contributed by atoms with Crippen LogP contribution in [0.1, 0.15) is 23.6 Å². The molecule has 33 heavy (non-hydrogen) atoms. The number of nitrogens with zero attached hydrogens (tertiary/aromatic N) is 4. The Kier molecular flexibility index (Phi) is 5.99. The first-order valence-electron chi connectivity index (χ1n) is 11.2. The predicted octanol–water partition coefficient (Wildman–Crippen LogP) is 3.94. The number of carbonyl (C=O) groups excluding carboxylic acids is 1. The minimum Gasteiger partial charge on any atom is -0.337 e. The van der Waals surface area contributed by atoms with Crippen LogP contribution in [0.5, 0.6) is 0 Å². The van der Waals surface area contributed by atoms with Crippen LogP contribution in [0.25, 0.3) is 22.2 Å². The molecular weight excluding hydrogens is 414 g/mol. The van der Waals surface area contributed by atoms with E-state index >= 15 is 0 Å². The fourth-order valence-electron chi connectivity index (χ4n) is 4.42. The molecule has 168 valence electrons. The SMILES string of the molecule is Cc1cc(-c2n[nH]c3cc(NC(=O)NCCN4CCC(c5ccccc5)C4)ncc23)ccn1. The number of aromatic nitrogens is 4. The van der Waals surface area contributed by atoms with Crippen molar-refractivity contribution in [3.63, 3.8) is 0 Å². The van der Waals surface area contributed by atoms with Gasteiger partial charge in [0.25, 0.3) is 0 Å². The van der Waals surface area contributed by atoms with Crippen LogP contribution in [0.4, 0.5) is 10.6 Å². The summed E-state index contributed by atoms with van der Waals surface area (Å²) < 4.78 is 0. The standard InChI is InChI=1S/C25H27N7O/c1-17-13-19(7-9-26-17)24-21-15-28-23(14-22(21)30-31-24)29-25(33)27-10-12-32-11-8-20(16-32)18-5-3-2-4-6-18/h2-7,9,13-15,20H,8,10-12,16H2,1H3,(H,30,31)(H2,27,28,29,33). The van der Waals surface area contributed by atoms with Crippen LogP contribution in [-0.2, 0) is 0 Å². The molecule has 0 bridgehead atoms. The lowest BCUT2D eigenvalue weighted by Gasteiger charge is -2.16. The number of aryl methyl sites for hydroxylation is 1. The topological polar surface area (TPSA) is 98.8 Å². The highest BCUT2D eigenvalue weighted by molar-refractivity contribution is 5.95. The Hall–Kier alpha value is -3.78. The maximum atomic E-state index is 12.4. The lowest BCUT2D eigenvalue weighted by Crippen LogP contribution is -2.36. The van der Waals surface area contributed by atoms with Gasteiger partial charge in [0.15, 0.2) is 0 Å². The van der Waals surface area contributed by atoms with Crippen molar-refractivity contribution in [2.45, 2.75) is 19.3 Å². The van der Waals surface area contributed by atoms with Crippen LogP contribution in [0.2, 0.25) is 0 Å². The number of nitrogens with one attached hydrogen (secondary N) is 3. The maximum absolute atomic E-state index is 12.4. The molecule has 1 saturated heterocycles. The molecular formula is C25H27N7O. The lowest BCUT2D eigenvalue weighted by molar-refractivity contribution is 0.249. The summed E-state index contributed by atoms with van der Waals surface area (Å²) in [5.74, 6) is 1.05. The number of H-pyrrole nitrogens is 1. The minimum absolute atomic E-state index is 0.259. The van der Waals surface area contributed by atoms with Gasteiger partial charge in [-0.05, 0) is 43.5 Å². The number of amides is 2. The molecule has 2 amide bonds. The van der Waals surface area contributed by atoms with E-state index in [0.29, 0.717) is 18.3 Å². The summed E-state index contributed by atoms with van der Waals surface area (Å²) in [5.41, 5.74) is 4.93. The van der Waals surface area contributed by atoms with Gasteiger partial charge in [-0.15, -0.1) is 0 Å². The smallest absolute Gasteiger partial charge is 0.320 e. The lowest BCUT2D eigenvalue weighted by atomic mass is 9.99. The third-order valence-corrected chi connectivity index (χ3v) is 6.12.